The minimum atomic E-state index is -2.08. The monoisotopic (exact) mass is 500 g/mol. The smallest absolute Gasteiger partial charge is 0.326 e. The number of carbonyl (C=O) groups excluding carboxylic acids is 2. The Morgan fingerprint density at radius 3 is 2.00 bits per heavy atom. The fraction of sp³-hybridized carbons (Fsp3) is 0.423. The third-order valence-electron chi connectivity index (χ3n) is 6.36. The van der Waals surface area contributed by atoms with Crippen molar-refractivity contribution in [3.63, 3.8) is 0 Å². The lowest BCUT2D eigenvalue weighted by Gasteiger charge is -2.36. The summed E-state index contributed by atoms with van der Waals surface area (Å²) in [6, 6.07) is 14.7. The molecule has 0 aliphatic heterocycles. The molecule has 0 aliphatic rings. The van der Waals surface area contributed by atoms with Gasteiger partial charge in [0.15, 0.2) is 14.4 Å². The van der Waals surface area contributed by atoms with Crippen LogP contribution in [0.25, 0.3) is 0 Å². The van der Waals surface area contributed by atoms with Crippen LogP contribution in [0, 0.1) is 0 Å². The highest BCUT2D eigenvalue weighted by atomic mass is 28.4. The maximum atomic E-state index is 12.9. The van der Waals surface area contributed by atoms with Gasteiger partial charge < -0.3 is 25.3 Å². The molecule has 35 heavy (non-hydrogen) atoms. The number of benzene rings is 2. The van der Waals surface area contributed by atoms with Gasteiger partial charge in [-0.1, -0.05) is 69.3 Å². The lowest BCUT2D eigenvalue weighted by Crippen LogP contribution is -2.51. The highest BCUT2D eigenvalue weighted by Gasteiger charge is 2.38. The van der Waals surface area contributed by atoms with Crippen LogP contribution < -0.4 is 10.6 Å². The number of nitrogens with one attached hydrogen (secondary N) is 2. The summed E-state index contributed by atoms with van der Waals surface area (Å²) < 4.78 is 6.04. The van der Waals surface area contributed by atoms with Crippen LogP contribution in [0.5, 0.6) is 0 Å². The van der Waals surface area contributed by atoms with E-state index in [9.17, 15) is 24.6 Å². The van der Waals surface area contributed by atoms with Gasteiger partial charge in [0.25, 0.3) is 11.8 Å². The van der Waals surface area contributed by atoms with E-state index in [0.29, 0.717) is 11.1 Å². The molecule has 2 aromatic carbocycles. The number of aliphatic carboxylic acids is 1. The summed E-state index contributed by atoms with van der Waals surface area (Å²) >= 11 is 0. The second-order valence-corrected chi connectivity index (χ2v) is 14.8. The van der Waals surface area contributed by atoms with Crippen LogP contribution >= 0.6 is 0 Å². The van der Waals surface area contributed by atoms with Crippen LogP contribution in [0.1, 0.15) is 49.2 Å². The van der Waals surface area contributed by atoms with Crippen LogP contribution in [0.4, 0.5) is 0 Å². The Balaban J connectivity index is 2.13. The van der Waals surface area contributed by atoms with Gasteiger partial charge in [-0.3, -0.25) is 9.59 Å². The maximum absolute atomic E-state index is 12.9. The second-order valence-electron chi connectivity index (χ2n) is 9.97. The molecule has 190 valence electrons. The van der Waals surface area contributed by atoms with Crippen LogP contribution in [0.3, 0.4) is 0 Å². The zero-order chi connectivity index (χ0) is 26.2. The van der Waals surface area contributed by atoms with Crippen LogP contribution in [0.2, 0.25) is 18.1 Å². The molecule has 0 spiro atoms. The average molecular weight is 501 g/mol. The van der Waals surface area contributed by atoms with E-state index in [4.69, 9.17) is 4.43 Å². The summed E-state index contributed by atoms with van der Waals surface area (Å²) in [6.07, 6.45) is -1.67. The number of aliphatic hydroxyl groups excluding tert-OH is 1. The summed E-state index contributed by atoms with van der Waals surface area (Å²) in [5, 5.41) is 25.6. The number of carboxylic acids is 1. The Labute approximate surface area is 207 Å². The fourth-order valence-electron chi connectivity index (χ4n) is 3.13. The molecule has 0 bridgehead atoms. The van der Waals surface area contributed by atoms with E-state index in [-0.39, 0.29) is 18.1 Å². The molecule has 2 rings (SSSR count). The Hall–Kier alpha value is -3.01. The molecule has 0 saturated carbocycles. The second kappa shape index (κ2) is 12.1. The summed E-state index contributed by atoms with van der Waals surface area (Å²) in [5.74, 6) is -2.59. The molecule has 2 aromatic rings. The zero-order valence-corrected chi connectivity index (χ0v) is 21.9. The number of carbonyl (C=O) groups is 3. The Bertz CT molecular complexity index is 992. The molecule has 0 aliphatic carbocycles. The lowest BCUT2D eigenvalue weighted by atomic mass is 9.99. The van der Waals surface area contributed by atoms with Crippen molar-refractivity contribution in [1.29, 1.82) is 0 Å². The minimum absolute atomic E-state index is 0.0367. The quantitative estimate of drug-likeness (QED) is 0.350. The van der Waals surface area contributed by atoms with Crippen LogP contribution in [-0.2, 0) is 14.0 Å². The summed E-state index contributed by atoms with van der Waals surface area (Å²) in [5.41, 5.74) is 0.875. The van der Waals surface area contributed by atoms with E-state index in [1.165, 1.54) is 0 Å². The molecule has 0 heterocycles. The standard InChI is InChI=1S/C26H36N2O6Si/c1-26(2,3)35(4,5)34-17-16-20(25(32)33)27-24(31)22(29)21(18-12-8-6-9-13-18)28-23(30)19-14-10-7-11-15-19/h6-15,20-22,29H,16-17H2,1-5H3,(H,27,31)(H,28,30)(H,32,33)/t20-,21+,22-/m1/s1. The van der Waals surface area contributed by atoms with Crippen LogP contribution in [-0.4, -0.2) is 55.1 Å². The van der Waals surface area contributed by atoms with E-state index in [0.717, 1.165) is 0 Å². The van der Waals surface area contributed by atoms with Crippen molar-refractivity contribution in [2.24, 2.45) is 0 Å². The van der Waals surface area contributed by atoms with E-state index >= 15 is 0 Å². The first-order valence-corrected chi connectivity index (χ1v) is 14.5. The summed E-state index contributed by atoms with van der Waals surface area (Å²) in [6.45, 7) is 10.5. The molecule has 9 heteroatoms. The van der Waals surface area contributed by atoms with Gasteiger partial charge in [-0.25, -0.2) is 4.79 Å². The molecule has 0 radical (unpaired) electrons. The average Bonchev–Trinajstić information content (AvgIpc) is 2.81. The van der Waals surface area contributed by atoms with Gasteiger partial charge in [0.05, 0.1) is 6.04 Å². The molecule has 4 N–H and O–H groups in total. The normalized spacial score (nSPS) is 14.5. The van der Waals surface area contributed by atoms with Crippen molar-refractivity contribution in [3.8, 4) is 0 Å². The molecular formula is C26H36N2O6Si. The third kappa shape index (κ3) is 8.02. The van der Waals surface area contributed by atoms with Gasteiger partial charge in [-0.05, 0) is 35.8 Å². The summed E-state index contributed by atoms with van der Waals surface area (Å²) in [4.78, 5) is 37.4. The molecule has 8 nitrogen and oxygen atoms in total. The van der Waals surface area contributed by atoms with Crippen molar-refractivity contribution in [2.45, 2.75) is 63.5 Å². The molecular weight excluding hydrogens is 464 g/mol. The van der Waals surface area contributed by atoms with Crippen LogP contribution in [0.15, 0.2) is 60.7 Å². The Kier molecular flexibility index (Phi) is 9.76. The molecule has 2 amide bonds. The predicted octanol–water partition coefficient (Wildman–Crippen LogP) is 3.50. The minimum Gasteiger partial charge on any atom is -0.480 e. The highest BCUT2D eigenvalue weighted by Crippen LogP contribution is 2.36. The van der Waals surface area contributed by atoms with Crippen molar-refractivity contribution >= 4 is 26.1 Å². The van der Waals surface area contributed by atoms with E-state index < -0.39 is 44.3 Å². The Morgan fingerprint density at radius 1 is 0.943 bits per heavy atom. The highest BCUT2D eigenvalue weighted by molar-refractivity contribution is 6.74. The van der Waals surface area contributed by atoms with Crippen molar-refractivity contribution < 1.29 is 29.0 Å². The SMILES string of the molecule is CC(C)(C)[Si](C)(C)OCC[C@@H](NC(=O)[C@H](O)[C@@H](NC(=O)c1ccccc1)c1ccccc1)C(=O)O. The van der Waals surface area contributed by atoms with Gasteiger partial charge in [-0.2, -0.15) is 0 Å². The van der Waals surface area contributed by atoms with Gasteiger partial charge in [0, 0.05) is 18.6 Å². The van der Waals surface area contributed by atoms with Crippen molar-refractivity contribution in [1.82, 2.24) is 10.6 Å². The van der Waals surface area contributed by atoms with Crippen molar-refractivity contribution in [3.05, 3.63) is 71.8 Å². The molecule has 0 fully saturated rings. The lowest BCUT2D eigenvalue weighted by molar-refractivity contribution is -0.144. The van der Waals surface area contributed by atoms with E-state index in [1.807, 2.05) is 0 Å². The number of aliphatic hydroxyl groups is 1. The first-order valence-electron chi connectivity index (χ1n) is 11.6. The molecule has 0 saturated heterocycles. The molecule has 0 aromatic heterocycles. The largest absolute Gasteiger partial charge is 0.480 e. The number of carboxylic acid groups (broad SMARTS) is 1. The van der Waals surface area contributed by atoms with E-state index in [1.54, 1.807) is 60.7 Å². The number of rotatable bonds is 11. The molecule has 0 unspecified atom stereocenters. The van der Waals surface area contributed by atoms with Gasteiger partial charge >= 0.3 is 5.97 Å². The fourth-order valence-corrected chi connectivity index (χ4v) is 4.19. The predicted molar refractivity (Wildman–Crippen MR) is 136 cm³/mol. The third-order valence-corrected chi connectivity index (χ3v) is 10.9. The Morgan fingerprint density at radius 2 is 1.49 bits per heavy atom. The zero-order valence-electron chi connectivity index (χ0n) is 20.9. The van der Waals surface area contributed by atoms with E-state index in [2.05, 4.69) is 44.5 Å². The van der Waals surface area contributed by atoms with Crippen molar-refractivity contribution in [2.75, 3.05) is 6.61 Å². The summed E-state index contributed by atoms with van der Waals surface area (Å²) in [7, 11) is -2.08. The number of hydrogen-bond donors (Lipinski definition) is 4. The first-order chi connectivity index (χ1) is 16.3. The maximum Gasteiger partial charge on any atom is 0.326 e. The van der Waals surface area contributed by atoms with Gasteiger partial charge in [0.2, 0.25) is 0 Å². The van der Waals surface area contributed by atoms with Gasteiger partial charge in [0.1, 0.15) is 6.04 Å². The number of hydrogen-bond acceptors (Lipinski definition) is 5. The van der Waals surface area contributed by atoms with Gasteiger partial charge in [-0.15, -0.1) is 0 Å². The number of amides is 2. The molecule has 3 atom stereocenters. The topological polar surface area (TPSA) is 125 Å². The first kappa shape index (κ1) is 28.2.